The quantitative estimate of drug-likeness (QED) is 0.330. The highest BCUT2D eigenvalue weighted by atomic mass is 16.5. The van der Waals surface area contributed by atoms with E-state index in [9.17, 15) is 0 Å². The van der Waals surface area contributed by atoms with Crippen LogP contribution >= 0.6 is 0 Å². The maximum Gasteiger partial charge on any atom is 0.146 e. The molecule has 7 heteroatoms. The monoisotopic (exact) mass is 264 g/mol. The van der Waals surface area contributed by atoms with E-state index >= 15 is 0 Å². The number of hydrogen-bond acceptors (Lipinski definition) is 7. The number of rotatable bonds is 2. The predicted molar refractivity (Wildman–Crippen MR) is 73.2 cm³/mol. The molecule has 0 saturated heterocycles. The van der Waals surface area contributed by atoms with Gasteiger partial charge in [0.15, 0.2) is 0 Å². The molecule has 0 unspecified atom stereocenters. The molecule has 0 heterocycles. The molecule has 0 amide bonds. The summed E-state index contributed by atoms with van der Waals surface area (Å²) in [5.41, 5.74) is 33.9. The first-order valence-corrected chi connectivity index (χ1v) is 5.88. The van der Waals surface area contributed by atoms with Gasteiger partial charge >= 0.3 is 0 Å². The van der Waals surface area contributed by atoms with Crippen molar-refractivity contribution in [2.75, 3.05) is 0 Å². The summed E-state index contributed by atoms with van der Waals surface area (Å²) in [5.74, 6) is 0.964. The van der Waals surface area contributed by atoms with Gasteiger partial charge in [-0.05, 0) is 24.3 Å². The first-order valence-electron chi connectivity index (χ1n) is 5.88. The van der Waals surface area contributed by atoms with Crippen molar-refractivity contribution in [3.8, 4) is 0 Å². The summed E-state index contributed by atoms with van der Waals surface area (Å²) < 4.78 is 5.66. The van der Waals surface area contributed by atoms with E-state index in [0.29, 0.717) is 35.8 Å². The first-order chi connectivity index (χ1) is 8.69. The number of allylic oxidation sites excluding steroid dienone is 2. The molecule has 0 aliphatic heterocycles. The topological polar surface area (TPSA) is 165 Å². The van der Waals surface area contributed by atoms with Gasteiger partial charge in [0.25, 0.3) is 0 Å². The molecule has 2 aliphatic carbocycles. The minimum Gasteiger partial charge on any atom is -0.454 e. The maximum absolute atomic E-state index is 5.88. The summed E-state index contributed by atoms with van der Waals surface area (Å²) in [7, 11) is 0. The molecule has 0 aromatic carbocycles. The number of ether oxygens (including phenoxy) is 1. The van der Waals surface area contributed by atoms with Crippen LogP contribution in [-0.2, 0) is 4.74 Å². The second-order valence-corrected chi connectivity index (χ2v) is 5.13. The second-order valence-electron chi connectivity index (χ2n) is 5.13. The van der Waals surface area contributed by atoms with E-state index < -0.39 is 11.3 Å². The lowest BCUT2D eigenvalue weighted by Gasteiger charge is -2.28. The SMILES string of the molecule is NC1=C(OC2=C(N)CC(N)(N)C=C2)C=CC(N)(N)C1. The minimum absolute atomic E-state index is 0.313. The molecule has 2 rings (SSSR count). The van der Waals surface area contributed by atoms with Crippen molar-refractivity contribution in [1.82, 2.24) is 0 Å². The molecule has 19 heavy (non-hydrogen) atoms. The van der Waals surface area contributed by atoms with Crippen LogP contribution < -0.4 is 34.4 Å². The van der Waals surface area contributed by atoms with Gasteiger partial charge in [-0.3, -0.25) is 0 Å². The van der Waals surface area contributed by atoms with E-state index in [1.54, 1.807) is 24.3 Å². The Labute approximate surface area is 111 Å². The molecule has 7 nitrogen and oxygen atoms in total. The van der Waals surface area contributed by atoms with Crippen LogP contribution in [0.3, 0.4) is 0 Å². The molecule has 104 valence electrons. The lowest BCUT2D eigenvalue weighted by Crippen LogP contribution is -2.50. The van der Waals surface area contributed by atoms with Crippen LogP contribution in [0.5, 0.6) is 0 Å². The molecule has 12 N–H and O–H groups in total. The Morgan fingerprint density at radius 1 is 0.789 bits per heavy atom. The van der Waals surface area contributed by atoms with Gasteiger partial charge in [-0.1, -0.05) is 0 Å². The molecule has 2 aliphatic rings. The molecular weight excluding hydrogens is 244 g/mol. The molecule has 0 radical (unpaired) electrons. The van der Waals surface area contributed by atoms with Crippen LogP contribution in [0.25, 0.3) is 0 Å². The first kappa shape index (κ1) is 13.6. The second kappa shape index (κ2) is 4.39. The number of hydrogen-bond donors (Lipinski definition) is 6. The van der Waals surface area contributed by atoms with Gasteiger partial charge in [-0.15, -0.1) is 0 Å². The summed E-state index contributed by atoms with van der Waals surface area (Å²) in [6.45, 7) is 0. The zero-order chi connectivity index (χ0) is 14.3. The lowest BCUT2D eigenvalue weighted by atomic mass is 9.98. The van der Waals surface area contributed by atoms with Gasteiger partial charge in [0.05, 0.1) is 22.7 Å². The summed E-state index contributed by atoms with van der Waals surface area (Å²) in [4.78, 5) is 0. The van der Waals surface area contributed by atoms with Crippen molar-refractivity contribution in [3.63, 3.8) is 0 Å². The van der Waals surface area contributed by atoms with E-state index in [4.69, 9.17) is 39.1 Å². The van der Waals surface area contributed by atoms with Crippen LogP contribution in [0.2, 0.25) is 0 Å². The largest absolute Gasteiger partial charge is 0.454 e. The smallest absolute Gasteiger partial charge is 0.146 e. The predicted octanol–water partition coefficient (Wildman–Crippen LogP) is -1.51. The van der Waals surface area contributed by atoms with Gasteiger partial charge in [0.1, 0.15) is 11.5 Å². The average molecular weight is 264 g/mol. The number of nitrogens with two attached hydrogens (primary N) is 6. The van der Waals surface area contributed by atoms with E-state index in [1.165, 1.54) is 0 Å². The average Bonchev–Trinajstić information content (AvgIpc) is 2.23. The van der Waals surface area contributed by atoms with Crippen molar-refractivity contribution < 1.29 is 4.74 Å². The lowest BCUT2D eigenvalue weighted by molar-refractivity contribution is 0.307. The fraction of sp³-hybridized carbons (Fsp3) is 0.333. The van der Waals surface area contributed by atoms with Crippen LogP contribution in [0.15, 0.2) is 47.2 Å². The third-order valence-electron chi connectivity index (χ3n) is 2.94. The molecule has 0 saturated carbocycles. The Morgan fingerprint density at radius 3 is 1.47 bits per heavy atom. The standard InChI is InChI=1S/C12H20N6O/c13-7-5-11(15,16)3-1-9(7)19-10-2-4-12(17,18)6-8(10)14/h1-4H,5-6,13-18H2. The van der Waals surface area contributed by atoms with Crippen molar-refractivity contribution in [2.45, 2.75) is 24.2 Å². The minimum atomic E-state index is -0.942. The summed E-state index contributed by atoms with van der Waals surface area (Å²) >= 11 is 0. The Balaban J connectivity index is 2.16. The normalized spacial score (nSPS) is 24.8. The van der Waals surface area contributed by atoms with Gasteiger partial charge in [-0.25, -0.2) is 0 Å². The molecule has 0 bridgehead atoms. The fourth-order valence-electron chi connectivity index (χ4n) is 1.95. The van der Waals surface area contributed by atoms with Crippen molar-refractivity contribution in [3.05, 3.63) is 47.2 Å². The van der Waals surface area contributed by atoms with Crippen LogP contribution in [0, 0.1) is 0 Å². The van der Waals surface area contributed by atoms with E-state index in [0.717, 1.165) is 0 Å². The molecule has 0 spiro atoms. The third-order valence-corrected chi connectivity index (χ3v) is 2.94. The summed E-state index contributed by atoms with van der Waals surface area (Å²) in [6.07, 6.45) is 7.18. The fourth-order valence-corrected chi connectivity index (χ4v) is 1.95. The van der Waals surface area contributed by atoms with Crippen molar-refractivity contribution >= 4 is 0 Å². The van der Waals surface area contributed by atoms with Gasteiger partial charge in [-0.2, -0.15) is 0 Å². The highest BCUT2D eigenvalue weighted by molar-refractivity contribution is 5.34. The highest BCUT2D eigenvalue weighted by Crippen LogP contribution is 2.26. The Hall–Kier alpha value is -1.80. The Morgan fingerprint density at radius 2 is 1.16 bits per heavy atom. The van der Waals surface area contributed by atoms with Gasteiger partial charge in [0, 0.05) is 12.8 Å². The molecule has 0 fully saturated rings. The summed E-state index contributed by atoms with van der Waals surface area (Å²) in [5, 5.41) is 0. The highest BCUT2D eigenvalue weighted by Gasteiger charge is 2.26. The molecule has 0 atom stereocenters. The van der Waals surface area contributed by atoms with Crippen LogP contribution in [0.1, 0.15) is 12.8 Å². The zero-order valence-corrected chi connectivity index (χ0v) is 10.6. The molecule has 0 aromatic rings. The Kier molecular flexibility index (Phi) is 3.15. The third kappa shape index (κ3) is 3.15. The van der Waals surface area contributed by atoms with Gasteiger partial charge < -0.3 is 39.1 Å². The van der Waals surface area contributed by atoms with E-state index in [1.807, 2.05) is 0 Å². The molecule has 0 aromatic heterocycles. The van der Waals surface area contributed by atoms with E-state index in [2.05, 4.69) is 0 Å². The maximum atomic E-state index is 5.88. The van der Waals surface area contributed by atoms with Crippen LogP contribution in [-0.4, -0.2) is 11.3 Å². The van der Waals surface area contributed by atoms with E-state index in [-0.39, 0.29) is 0 Å². The molecular formula is C12H20N6O. The van der Waals surface area contributed by atoms with Crippen LogP contribution in [0.4, 0.5) is 0 Å². The summed E-state index contributed by atoms with van der Waals surface area (Å²) in [6, 6.07) is 0. The zero-order valence-electron chi connectivity index (χ0n) is 10.6. The van der Waals surface area contributed by atoms with Crippen molar-refractivity contribution in [1.29, 1.82) is 0 Å². The van der Waals surface area contributed by atoms with Gasteiger partial charge in [0.2, 0.25) is 0 Å². The Bertz CT molecular complexity index is 466. The van der Waals surface area contributed by atoms with Crippen molar-refractivity contribution in [2.24, 2.45) is 34.4 Å².